The Morgan fingerprint density at radius 1 is 0.968 bits per heavy atom. The molecule has 0 amide bonds. The van der Waals surface area contributed by atoms with E-state index >= 15 is 0 Å². The summed E-state index contributed by atoms with van der Waals surface area (Å²) in [4.78, 5) is 22.9. The molecule has 8 heteroatoms. The molecule has 0 unspecified atom stereocenters. The van der Waals surface area contributed by atoms with Gasteiger partial charge in [-0.1, -0.05) is 43.0 Å². The zero-order valence-corrected chi connectivity index (χ0v) is 21.9. The monoisotopic (exact) mass is 470 g/mol. The minimum Gasteiger partial charge on any atom is -0.462 e. The lowest BCUT2D eigenvalue weighted by molar-refractivity contribution is -0.139. The van der Waals surface area contributed by atoms with Crippen LogP contribution in [0.1, 0.15) is 35.6 Å². The van der Waals surface area contributed by atoms with Crippen molar-refractivity contribution < 1.29 is 22.6 Å². The van der Waals surface area contributed by atoms with Crippen molar-refractivity contribution in [2.24, 2.45) is 0 Å². The summed E-state index contributed by atoms with van der Waals surface area (Å²) in [6.45, 7) is 13.6. The van der Waals surface area contributed by atoms with Gasteiger partial charge in [-0.2, -0.15) is 0 Å². The third-order valence-electron chi connectivity index (χ3n) is 5.07. The van der Waals surface area contributed by atoms with Crippen molar-refractivity contribution in [3.8, 4) is 0 Å². The van der Waals surface area contributed by atoms with E-state index in [9.17, 15) is 9.59 Å². The number of carbonyl (C=O) groups is 1. The molecule has 2 aromatic carbocycles. The van der Waals surface area contributed by atoms with Gasteiger partial charge in [0.1, 0.15) is 0 Å². The number of hydrogen-bond acceptors (Lipinski definition) is 5. The molecule has 0 bridgehead atoms. The quantitative estimate of drug-likeness (QED) is 0.237. The lowest BCUT2D eigenvalue weighted by Crippen LogP contribution is -2.49. The Morgan fingerprint density at radius 2 is 1.45 bits per heavy atom. The van der Waals surface area contributed by atoms with E-state index in [0.29, 0.717) is 18.0 Å². The van der Waals surface area contributed by atoms with Gasteiger partial charge >= 0.3 is 14.8 Å². The molecule has 0 heterocycles. The summed E-state index contributed by atoms with van der Waals surface area (Å²) in [5, 5.41) is 2.11. The lowest BCUT2D eigenvalue weighted by Gasteiger charge is -2.25. The van der Waals surface area contributed by atoms with Crippen molar-refractivity contribution in [1.29, 1.82) is 0 Å². The maximum atomic E-state index is 11.6. The Balaban J connectivity index is 2.07. The minimum absolute atomic E-state index is 0.0139. The number of ether oxygens (including phenoxy) is 1. The number of rotatable bonds is 11. The first-order valence-electron chi connectivity index (χ1n) is 10.2. The Kier molecular flexibility index (Phi) is 9.60. The van der Waals surface area contributed by atoms with E-state index < -0.39 is 14.8 Å². The van der Waals surface area contributed by atoms with Gasteiger partial charge in [0.15, 0.2) is 0 Å². The maximum absolute atomic E-state index is 11.6. The highest BCUT2D eigenvalue weighted by atomic mass is 28.4. The van der Waals surface area contributed by atoms with Crippen LogP contribution in [0, 0.1) is 27.7 Å². The summed E-state index contributed by atoms with van der Waals surface area (Å²) in [6, 6.07) is 12.4. The molecule has 2 aromatic rings. The number of aryl methyl sites for hydroxylation is 2. The van der Waals surface area contributed by atoms with E-state index in [0.717, 1.165) is 21.5 Å². The van der Waals surface area contributed by atoms with Crippen molar-refractivity contribution in [3.05, 3.63) is 70.8 Å². The molecule has 0 saturated carbocycles. The minimum atomic E-state index is -3.48. The van der Waals surface area contributed by atoms with Gasteiger partial charge in [0.25, 0.3) is 19.5 Å². The van der Waals surface area contributed by atoms with Gasteiger partial charge in [-0.05, 0) is 73.7 Å². The topological polar surface area (TPSA) is 65.0 Å². The van der Waals surface area contributed by atoms with Crippen LogP contribution in [0.2, 0.25) is 6.04 Å². The second kappa shape index (κ2) is 11.7. The van der Waals surface area contributed by atoms with Crippen molar-refractivity contribution in [1.82, 2.24) is 0 Å². The van der Waals surface area contributed by atoms with Crippen molar-refractivity contribution >= 4 is 44.7 Å². The zero-order valence-electron chi connectivity index (χ0n) is 18.9. The number of esters is 1. The maximum Gasteiger partial charge on any atom is 0.477 e. The van der Waals surface area contributed by atoms with E-state index in [4.69, 9.17) is 13.0 Å². The highest BCUT2D eigenvalue weighted by Crippen LogP contribution is 2.14. The highest BCUT2D eigenvalue weighted by molar-refractivity contribution is 6.73. The zero-order chi connectivity index (χ0) is 23.0. The van der Waals surface area contributed by atoms with Crippen molar-refractivity contribution in [3.63, 3.8) is 0 Å². The van der Waals surface area contributed by atoms with Crippen molar-refractivity contribution in [2.45, 2.75) is 47.1 Å². The van der Waals surface area contributed by atoms with Crippen LogP contribution in [-0.4, -0.2) is 45.7 Å². The summed E-state index contributed by atoms with van der Waals surface area (Å²) in [5.41, 5.74) is 5.04. The fourth-order valence-corrected chi connectivity index (χ4v) is 7.83. The molecular formula is C23H30O5Si3. The summed E-state index contributed by atoms with van der Waals surface area (Å²) in [7, 11) is -3.51. The lowest BCUT2D eigenvalue weighted by atomic mass is 10.1. The van der Waals surface area contributed by atoms with Gasteiger partial charge in [-0.15, -0.1) is 0 Å². The SMILES string of the molecule is C=C(C)C(=O)OCCC[Si](O)(O[Si]c1cccc(C)c1C)O[Si]c1cccc(C)c1C. The van der Waals surface area contributed by atoms with Crippen LogP contribution in [0.3, 0.4) is 0 Å². The predicted octanol–water partition coefficient (Wildman–Crippen LogP) is 2.58. The fourth-order valence-electron chi connectivity index (χ4n) is 2.70. The first-order valence-corrected chi connectivity index (χ1v) is 14.0. The molecule has 5 nitrogen and oxygen atoms in total. The number of hydrogen-bond donors (Lipinski definition) is 1. The van der Waals surface area contributed by atoms with Gasteiger partial charge in [0.05, 0.1) is 6.61 Å². The Bertz CT molecular complexity index is 874. The third-order valence-corrected chi connectivity index (χ3v) is 10.9. The molecule has 4 radical (unpaired) electrons. The summed E-state index contributed by atoms with van der Waals surface area (Å²) in [6.07, 6.45) is 0.455. The van der Waals surface area contributed by atoms with Crippen molar-refractivity contribution in [2.75, 3.05) is 6.61 Å². The molecule has 0 fully saturated rings. The number of carbonyl (C=O) groups excluding carboxylic acids is 1. The Labute approximate surface area is 191 Å². The van der Waals surface area contributed by atoms with Gasteiger partial charge in [-0.25, -0.2) is 4.79 Å². The van der Waals surface area contributed by atoms with E-state index in [1.165, 1.54) is 11.1 Å². The molecule has 164 valence electrons. The van der Waals surface area contributed by atoms with Crippen LogP contribution in [0.15, 0.2) is 48.6 Å². The number of benzene rings is 2. The second-order valence-corrected chi connectivity index (χ2v) is 12.7. The summed E-state index contributed by atoms with van der Waals surface area (Å²) < 4.78 is 17.3. The molecule has 0 aliphatic heterocycles. The molecular weight excluding hydrogens is 441 g/mol. The van der Waals surface area contributed by atoms with Crippen LogP contribution in [-0.2, 0) is 17.8 Å². The standard InChI is InChI=1S/C23H30O5Si3/c1-16(2)23(24)26-14-9-15-31(25,27-29-21-12-7-10-17(3)19(21)5)28-30-22-13-8-11-18(4)20(22)6/h7-8,10-13,25H,1,9,14-15H2,2-6H3. The van der Waals surface area contributed by atoms with Crippen LogP contribution in [0.5, 0.6) is 0 Å². The molecule has 31 heavy (non-hydrogen) atoms. The summed E-state index contributed by atoms with van der Waals surface area (Å²) >= 11 is 0. The van der Waals surface area contributed by atoms with E-state index in [1.54, 1.807) is 6.92 Å². The molecule has 0 spiro atoms. The van der Waals surface area contributed by atoms with Crippen LogP contribution in [0.25, 0.3) is 0 Å². The molecule has 2 rings (SSSR count). The Morgan fingerprint density at radius 3 is 1.90 bits per heavy atom. The molecule has 0 aliphatic carbocycles. The van der Waals surface area contributed by atoms with Crippen LogP contribution < -0.4 is 10.4 Å². The predicted molar refractivity (Wildman–Crippen MR) is 128 cm³/mol. The van der Waals surface area contributed by atoms with E-state index in [2.05, 4.69) is 46.4 Å². The molecule has 0 atom stereocenters. The molecule has 0 saturated heterocycles. The average Bonchev–Trinajstić information content (AvgIpc) is 2.73. The third kappa shape index (κ3) is 7.67. The molecule has 0 aromatic heterocycles. The Hall–Kier alpha value is -1.82. The molecule has 0 aliphatic rings. The average molecular weight is 471 g/mol. The smallest absolute Gasteiger partial charge is 0.462 e. The first kappa shape index (κ1) is 25.4. The fraction of sp³-hybridized carbons (Fsp3) is 0.348. The largest absolute Gasteiger partial charge is 0.477 e. The van der Waals surface area contributed by atoms with E-state index in [1.807, 2.05) is 24.3 Å². The highest BCUT2D eigenvalue weighted by Gasteiger charge is 2.37. The van der Waals surface area contributed by atoms with Gasteiger partial charge in [0.2, 0.25) is 0 Å². The second-order valence-electron chi connectivity index (χ2n) is 7.64. The van der Waals surface area contributed by atoms with Gasteiger partial charge in [-0.3, -0.25) is 0 Å². The van der Waals surface area contributed by atoms with Crippen LogP contribution in [0.4, 0.5) is 0 Å². The van der Waals surface area contributed by atoms with E-state index in [-0.39, 0.29) is 26.1 Å². The van der Waals surface area contributed by atoms with Gasteiger partial charge < -0.3 is 17.8 Å². The normalized spacial score (nSPS) is 11.4. The molecule has 1 N–H and O–H groups in total. The van der Waals surface area contributed by atoms with Crippen LogP contribution >= 0.6 is 0 Å². The van der Waals surface area contributed by atoms with Gasteiger partial charge in [0, 0.05) is 11.6 Å². The first-order chi connectivity index (χ1) is 14.6. The summed E-state index contributed by atoms with van der Waals surface area (Å²) in [5.74, 6) is -0.429.